The third-order valence-corrected chi connectivity index (χ3v) is 4.25. The molecule has 0 spiro atoms. The Morgan fingerprint density at radius 3 is 2.68 bits per heavy atom. The highest BCUT2D eigenvalue weighted by molar-refractivity contribution is 5.20. The molecule has 2 aliphatic rings. The highest BCUT2D eigenvalue weighted by Crippen LogP contribution is 2.28. The van der Waals surface area contributed by atoms with Crippen LogP contribution in [0.3, 0.4) is 0 Å². The molecule has 1 N–H and O–H groups in total. The van der Waals surface area contributed by atoms with Gasteiger partial charge >= 0.3 is 0 Å². The van der Waals surface area contributed by atoms with Gasteiger partial charge in [-0.2, -0.15) is 0 Å². The van der Waals surface area contributed by atoms with Gasteiger partial charge in [-0.05, 0) is 31.9 Å². The largest absolute Gasteiger partial charge is 0.308 e. The van der Waals surface area contributed by atoms with E-state index in [9.17, 15) is 13.2 Å². The first-order chi connectivity index (χ1) is 9.15. The van der Waals surface area contributed by atoms with E-state index in [0.29, 0.717) is 18.2 Å². The van der Waals surface area contributed by atoms with E-state index in [-0.39, 0.29) is 12.1 Å². The Balaban J connectivity index is 1.65. The van der Waals surface area contributed by atoms with E-state index in [1.54, 1.807) is 0 Å². The molecule has 5 heteroatoms. The third kappa shape index (κ3) is 2.49. The van der Waals surface area contributed by atoms with Crippen LogP contribution >= 0.6 is 0 Å². The van der Waals surface area contributed by atoms with Crippen LogP contribution in [0.15, 0.2) is 12.1 Å². The van der Waals surface area contributed by atoms with Gasteiger partial charge in [0.2, 0.25) is 0 Å². The van der Waals surface area contributed by atoms with Crippen LogP contribution in [0.5, 0.6) is 0 Å². The van der Waals surface area contributed by atoms with Gasteiger partial charge in [-0.3, -0.25) is 4.90 Å². The summed E-state index contributed by atoms with van der Waals surface area (Å²) in [5, 5.41) is 3.29. The van der Waals surface area contributed by atoms with Crippen LogP contribution in [-0.4, -0.2) is 30.1 Å². The third-order valence-electron chi connectivity index (χ3n) is 4.25. The molecule has 2 nitrogen and oxygen atoms in total. The quantitative estimate of drug-likeness (QED) is 0.849. The van der Waals surface area contributed by atoms with Crippen molar-refractivity contribution in [2.75, 3.05) is 13.1 Å². The van der Waals surface area contributed by atoms with Gasteiger partial charge in [0.25, 0.3) is 0 Å². The van der Waals surface area contributed by atoms with Crippen molar-refractivity contribution in [2.45, 2.75) is 37.9 Å². The van der Waals surface area contributed by atoms with E-state index in [0.717, 1.165) is 32.0 Å². The van der Waals surface area contributed by atoms with Crippen molar-refractivity contribution in [3.8, 4) is 0 Å². The molecule has 1 aromatic rings. The Hall–Kier alpha value is -1.07. The Kier molecular flexibility index (Phi) is 3.50. The van der Waals surface area contributed by atoms with Crippen LogP contribution in [0.25, 0.3) is 0 Å². The molecule has 2 heterocycles. The lowest BCUT2D eigenvalue weighted by molar-refractivity contribution is 0.298. The van der Waals surface area contributed by atoms with Crippen LogP contribution in [-0.2, 0) is 6.54 Å². The number of rotatable bonds is 3. The van der Waals surface area contributed by atoms with Crippen molar-refractivity contribution in [1.82, 2.24) is 10.2 Å². The molecule has 0 amide bonds. The summed E-state index contributed by atoms with van der Waals surface area (Å²) in [4.78, 5) is 2.44. The maximum Gasteiger partial charge on any atom is 0.161 e. The van der Waals surface area contributed by atoms with Crippen LogP contribution in [0.4, 0.5) is 13.2 Å². The minimum absolute atomic E-state index is 0.190. The molecule has 2 unspecified atom stereocenters. The lowest BCUT2D eigenvalue weighted by Crippen LogP contribution is -2.38. The second-order valence-electron chi connectivity index (χ2n) is 5.38. The molecular formula is C14H17F3N2. The molecule has 0 radical (unpaired) electrons. The number of hydrogen-bond acceptors (Lipinski definition) is 2. The topological polar surface area (TPSA) is 15.3 Å². The monoisotopic (exact) mass is 270 g/mol. The summed E-state index contributed by atoms with van der Waals surface area (Å²) in [6.45, 7) is 2.46. The molecule has 2 aliphatic heterocycles. The maximum absolute atomic E-state index is 13.5. The van der Waals surface area contributed by atoms with Gasteiger partial charge in [0.1, 0.15) is 5.82 Å². The molecule has 1 aromatic carbocycles. The minimum atomic E-state index is -1.14. The van der Waals surface area contributed by atoms with Gasteiger partial charge in [-0.15, -0.1) is 0 Å². The van der Waals surface area contributed by atoms with Gasteiger partial charge in [0.15, 0.2) is 11.6 Å². The summed E-state index contributed by atoms with van der Waals surface area (Å²) in [6.07, 6.45) is 3.41. The Morgan fingerprint density at radius 2 is 1.84 bits per heavy atom. The van der Waals surface area contributed by atoms with Crippen LogP contribution < -0.4 is 5.32 Å². The highest BCUT2D eigenvalue weighted by atomic mass is 19.2. The maximum atomic E-state index is 13.5. The molecule has 2 saturated heterocycles. The van der Waals surface area contributed by atoms with E-state index in [4.69, 9.17) is 0 Å². The normalized spacial score (nSPS) is 26.9. The first kappa shape index (κ1) is 12.9. The summed E-state index contributed by atoms with van der Waals surface area (Å²) < 4.78 is 39.4. The van der Waals surface area contributed by atoms with Crippen molar-refractivity contribution in [3.05, 3.63) is 35.1 Å². The second kappa shape index (κ2) is 5.13. The molecular weight excluding hydrogens is 253 g/mol. The van der Waals surface area contributed by atoms with Gasteiger partial charge < -0.3 is 5.32 Å². The zero-order valence-electron chi connectivity index (χ0n) is 10.6. The second-order valence-corrected chi connectivity index (χ2v) is 5.38. The summed E-state index contributed by atoms with van der Waals surface area (Å²) in [5.74, 6) is -2.82. The number of benzene rings is 1. The summed E-state index contributed by atoms with van der Waals surface area (Å²) in [6, 6.07) is 2.41. The summed E-state index contributed by atoms with van der Waals surface area (Å²) in [7, 11) is 0. The number of nitrogens with zero attached hydrogens (tertiary/aromatic N) is 1. The first-order valence-electron chi connectivity index (χ1n) is 6.76. The zero-order valence-corrected chi connectivity index (χ0v) is 10.6. The first-order valence-corrected chi connectivity index (χ1v) is 6.76. The Bertz CT molecular complexity index is 478. The van der Waals surface area contributed by atoms with Crippen LogP contribution in [0, 0.1) is 17.5 Å². The minimum Gasteiger partial charge on any atom is -0.308 e. The lowest BCUT2D eigenvalue weighted by atomic mass is 10.1. The number of halogens is 3. The molecule has 2 fully saturated rings. The van der Waals surface area contributed by atoms with Gasteiger partial charge in [-0.1, -0.05) is 0 Å². The Labute approximate surface area is 110 Å². The van der Waals surface area contributed by atoms with E-state index in [2.05, 4.69) is 10.2 Å². The predicted octanol–water partition coefficient (Wildman–Crippen LogP) is 2.43. The van der Waals surface area contributed by atoms with Crippen molar-refractivity contribution in [2.24, 2.45) is 0 Å². The fourth-order valence-corrected chi connectivity index (χ4v) is 3.26. The van der Waals surface area contributed by atoms with E-state index in [1.165, 1.54) is 6.42 Å². The molecule has 3 rings (SSSR count). The summed E-state index contributed by atoms with van der Waals surface area (Å²) in [5.41, 5.74) is 0.190. The lowest BCUT2D eigenvalue weighted by Gasteiger charge is -2.21. The smallest absolute Gasteiger partial charge is 0.161 e. The fraction of sp³-hybridized carbons (Fsp3) is 0.571. The van der Waals surface area contributed by atoms with Crippen molar-refractivity contribution in [3.63, 3.8) is 0 Å². The predicted molar refractivity (Wildman–Crippen MR) is 66.2 cm³/mol. The average molecular weight is 270 g/mol. The van der Waals surface area contributed by atoms with Crippen LogP contribution in [0.1, 0.15) is 24.8 Å². The zero-order chi connectivity index (χ0) is 13.4. The van der Waals surface area contributed by atoms with E-state index >= 15 is 0 Å². The highest BCUT2D eigenvalue weighted by Gasteiger charge is 2.36. The molecule has 104 valence electrons. The molecule has 0 bridgehead atoms. The molecule has 0 aromatic heterocycles. The molecule has 2 atom stereocenters. The standard InChI is InChI=1S/C14H17F3N2/c15-10-7-12(17)11(16)6-9(10)8-18-13-3-5-19-4-1-2-14(13)19/h6-7,13-14,18H,1-5,8H2. The molecule has 0 aliphatic carbocycles. The Morgan fingerprint density at radius 1 is 1.05 bits per heavy atom. The fourth-order valence-electron chi connectivity index (χ4n) is 3.26. The van der Waals surface area contributed by atoms with Gasteiger partial charge in [0, 0.05) is 36.8 Å². The van der Waals surface area contributed by atoms with Crippen molar-refractivity contribution >= 4 is 0 Å². The summed E-state index contributed by atoms with van der Waals surface area (Å²) >= 11 is 0. The number of fused-ring (bicyclic) bond motifs is 1. The van der Waals surface area contributed by atoms with Gasteiger partial charge in [-0.25, -0.2) is 13.2 Å². The van der Waals surface area contributed by atoms with Crippen LogP contribution in [0.2, 0.25) is 0 Å². The average Bonchev–Trinajstić information content (AvgIpc) is 2.95. The molecule has 0 saturated carbocycles. The number of hydrogen-bond donors (Lipinski definition) is 1. The van der Waals surface area contributed by atoms with E-state index in [1.807, 2.05) is 0 Å². The SMILES string of the molecule is Fc1cc(F)c(CNC2CCN3CCCC23)cc1F. The van der Waals surface area contributed by atoms with Crippen molar-refractivity contribution < 1.29 is 13.2 Å². The van der Waals surface area contributed by atoms with E-state index < -0.39 is 17.5 Å². The molecule has 19 heavy (non-hydrogen) atoms. The van der Waals surface area contributed by atoms with Gasteiger partial charge in [0.05, 0.1) is 0 Å². The number of nitrogens with one attached hydrogen (secondary N) is 1. The van der Waals surface area contributed by atoms with Crippen molar-refractivity contribution in [1.29, 1.82) is 0 Å².